The van der Waals surface area contributed by atoms with Crippen molar-refractivity contribution in [3.8, 4) is 45.8 Å². The topological polar surface area (TPSA) is 153 Å². The van der Waals surface area contributed by atoms with Crippen molar-refractivity contribution in [3.63, 3.8) is 0 Å². The number of ketones is 1. The number of fused-ring (bicyclic) bond motifs is 2. The Morgan fingerprint density at radius 3 is 2.36 bits per heavy atom. The van der Waals surface area contributed by atoms with Crippen molar-refractivity contribution >= 4 is 5.78 Å². The van der Waals surface area contributed by atoms with Gasteiger partial charge in [-0.15, -0.1) is 0 Å². The zero-order valence-electron chi connectivity index (χ0n) is 17.7. The third-order valence-corrected chi connectivity index (χ3v) is 6.51. The molecule has 9 nitrogen and oxygen atoms in total. The second-order valence-corrected chi connectivity index (χ2v) is 8.47. The summed E-state index contributed by atoms with van der Waals surface area (Å²) in [5, 5.41) is 61.4. The highest BCUT2D eigenvalue weighted by Crippen LogP contribution is 2.51. The van der Waals surface area contributed by atoms with Gasteiger partial charge in [-0.2, -0.15) is 0 Å². The molecule has 0 aliphatic carbocycles. The lowest BCUT2D eigenvalue weighted by atomic mass is 9.91. The molecular formula is C24H23NO8. The smallest absolute Gasteiger partial charge is 0.200 e. The summed E-state index contributed by atoms with van der Waals surface area (Å²) in [5.41, 5.74) is 2.11. The minimum Gasteiger partial charge on any atom is -0.507 e. The molecule has 2 aliphatic heterocycles. The van der Waals surface area contributed by atoms with Gasteiger partial charge in [-0.3, -0.25) is 4.79 Å². The quantitative estimate of drug-likeness (QED) is 0.331. The number of rotatable bonds is 3. The predicted octanol–water partition coefficient (Wildman–Crippen LogP) is 2.80. The fourth-order valence-electron chi connectivity index (χ4n) is 4.90. The summed E-state index contributed by atoms with van der Waals surface area (Å²) in [6.07, 6.45) is -1.62. The molecule has 0 amide bonds. The first-order valence-corrected chi connectivity index (χ1v) is 10.6. The van der Waals surface area contributed by atoms with Gasteiger partial charge in [-0.05, 0) is 30.7 Å². The Bertz CT molecular complexity index is 1270. The Morgan fingerprint density at radius 1 is 1.00 bits per heavy atom. The van der Waals surface area contributed by atoms with Crippen molar-refractivity contribution in [1.82, 2.24) is 4.57 Å². The molecule has 0 spiro atoms. The second kappa shape index (κ2) is 7.35. The van der Waals surface area contributed by atoms with E-state index in [1.54, 1.807) is 6.07 Å². The molecule has 172 valence electrons. The Kier molecular flexibility index (Phi) is 4.68. The third kappa shape index (κ3) is 3.07. The predicted molar refractivity (Wildman–Crippen MR) is 116 cm³/mol. The summed E-state index contributed by atoms with van der Waals surface area (Å²) in [7, 11) is 0. The maximum absolute atomic E-state index is 12.5. The fourth-order valence-corrected chi connectivity index (χ4v) is 4.90. The molecule has 0 fully saturated rings. The van der Waals surface area contributed by atoms with Gasteiger partial charge in [0, 0.05) is 29.3 Å². The van der Waals surface area contributed by atoms with Crippen LogP contribution in [0.2, 0.25) is 0 Å². The fraction of sp³-hybridized carbons (Fsp3) is 0.292. The van der Waals surface area contributed by atoms with Crippen LogP contribution in [0.15, 0.2) is 30.3 Å². The molecular weight excluding hydrogens is 430 g/mol. The summed E-state index contributed by atoms with van der Waals surface area (Å²) < 4.78 is 7.87. The number of Topliss-reactive ketones (excluding diaryl/α,β-unsaturated/α-hetero) is 1. The lowest BCUT2D eigenvalue weighted by Gasteiger charge is -2.33. The summed E-state index contributed by atoms with van der Waals surface area (Å²) in [4.78, 5) is 12.5. The number of aliphatic hydroxyl groups is 1. The summed E-state index contributed by atoms with van der Waals surface area (Å²) in [6, 6.07) is 7.11. The van der Waals surface area contributed by atoms with E-state index in [1.165, 1.54) is 6.07 Å². The number of benzene rings is 2. The van der Waals surface area contributed by atoms with Gasteiger partial charge in [0.1, 0.15) is 17.2 Å². The van der Waals surface area contributed by atoms with Gasteiger partial charge in [0.25, 0.3) is 0 Å². The summed E-state index contributed by atoms with van der Waals surface area (Å²) >= 11 is 0. The van der Waals surface area contributed by atoms with Crippen LogP contribution >= 0.6 is 0 Å². The lowest BCUT2D eigenvalue weighted by Crippen LogP contribution is -2.30. The van der Waals surface area contributed by atoms with E-state index in [1.807, 2.05) is 17.6 Å². The van der Waals surface area contributed by atoms with Gasteiger partial charge in [-0.25, -0.2) is 0 Å². The summed E-state index contributed by atoms with van der Waals surface area (Å²) in [5.74, 6) is -2.40. The van der Waals surface area contributed by atoms with Crippen molar-refractivity contribution in [2.45, 2.75) is 44.4 Å². The number of aromatic hydroxyl groups is 5. The minimum absolute atomic E-state index is 0.0361. The molecule has 3 heterocycles. The monoisotopic (exact) mass is 453 g/mol. The van der Waals surface area contributed by atoms with Crippen LogP contribution in [0.4, 0.5) is 0 Å². The molecule has 2 aliphatic rings. The van der Waals surface area contributed by atoms with Crippen molar-refractivity contribution in [1.29, 1.82) is 0 Å². The third-order valence-electron chi connectivity index (χ3n) is 6.51. The van der Waals surface area contributed by atoms with Gasteiger partial charge in [0.05, 0.1) is 29.8 Å². The van der Waals surface area contributed by atoms with E-state index in [2.05, 4.69) is 0 Å². The Balaban J connectivity index is 1.66. The first-order chi connectivity index (χ1) is 15.7. The molecule has 5 rings (SSSR count). The zero-order valence-corrected chi connectivity index (χ0v) is 17.7. The molecule has 6 N–H and O–H groups in total. The molecule has 0 bridgehead atoms. The van der Waals surface area contributed by atoms with Crippen LogP contribution in [0.1, 0.15) is 42.2 Å². The highest BCUT2D eigenvalue weighted by Gasteiger charge is 2.38. The van der Waals surface area contributed by atoms with Gasteiger partial charge in [0.2, 0.25) is 0 Å². The maximum atomic E-state index is 12.5. The summed E-state index contributed by atoms with van der Waals surface area (Å²) in [6.45, 7) is 2.08. The van der Waals surface area contributed by atoms with Crippen molar-refractivity contribution < 1.29 is 40.2 Å². The molecule has 9 heteroatoms. The number of ether oxygens (including phenoxy) is 1. The van der Waals surface area contributed by atoms with Crippen molar-refractivity contribution in [3.05, 3.63) is 47.2 Å². The first-order valence-electron chi connectivity index (χ1n) is 10.6. The van der Waals surface area contributed by atoms with E-state index in [0.717, 1.165) is 17.8 Å². The number of nitrogens with zero attached hydrogens (tertiary/aromatic N) is 1. The second-order valence-electron chi connectivity index (χ2n) is 8.47. The van der Waals surface area contributed by atoms with Crippen molar-refractivity contribution in [2.24, 2.45) is 0 Å². The average molecular weight is 453 g/mol. The van der Waals surface area contributed by atoms with E-state index < -0.39 is 29.5 Å². The van der Waals surface area contributed by atoms with E-state index in [0.29, 0.717) is 12.1 Å². The van der Waals surface area contributed by atoms with Crippen LogP contribution in [0, 0.1) is 0 Å². The largest absolute Gasteiger partial charge is 0.507 e. The number of phenols is 5. The first kappa shape index (κ1) is 21.0. The molecule has 33 heavy (non-hydrogen) atoms. The standard InChI is InChI=1S/C24H23NO8/c1-2-11-13-3-4-14(25(13)9-20(11)31)21-16(27)8-15(26)12-7-19(30)23(33-24(12)21)10-5-17(28)22(32)18(29)6-10/h3-6,8,11,19,23,26-30,32H,2,7,9H2,1H3/t11?,19-,23+/m0/s1. The molecule has 0 radical (unpaired) electrons. The van der Waals surface area contributed by atoms with Gasteiger partial charge >= 0.3 is 0 Å². The highest BCUT2D eigenvalue weighted by molar-refractivity contribution is 5.90. The normalized spacial score (nSPS) is 21.5. The van der Waals surface area contributed by atoms with Crippen LogP contribution in [0.3, 0.4) is 0 Å². The molecule has 3 atom stereocenters. The minimum atomic E-state index is -1.16. The maximum Gasteiger partial charge on any atom is 0.200 e. The molecule has 1 aromatic heterocycles. The number of aromatic nitrogens is 1. The number of aliphatic hydroxyl groups excluding tert-OH is 1. The SMILES string of the molecule is CCC1C(=O)Cn2c(-c3c(O)cc(O)c4c3O[C@H](c3cc(O)c(O)c(O)c3)[C@@H](O)C4)ccc21. The van der Waals surface area contributed by atoms with Crippen LogP contribution in [0.5, 0.6) is 34.5 Å². The van der Waals surface area contributed by atoms with Gasteiger partial charge < -0.3 is 39.9 Å². The van der Waals surface area contributed by atoms with Crippen LogP contribution in [-0.4, -0.2) is 47.1 Å². The molecule has 0 saturated heterocycles. The van der Waals surface area contributed by atoms with E-state index >= 15 is 0 Å². The van der Waals surface area contributed by atoms with E-state index in [4.69, 9.17) is 4.74 Å². The molecule has 0 saturated carbocycles. The molecule has 1 unspecified atom stereocenters. The number of carbonyl (C=O) groups is 1. The highest BCUT2D eigenvalue weighted by atomic mass is 16.5. The van der Waals surface area contributed by atoms with E-state index in [9.17, 15) is 35.4 Å². The molecule has 2 aromatic carbocycles. The Labute approximate surface area is 188 Å². The van der Waals surface area contributed by atoms with Crippen LogP contribution < -0.4 is 4.74 Å². The Hall–Kier alpha value is -3.85. The number of carbonyl (C=O) groups excluding carboxylic acids is 1. The Morgan fingerprint density at radius 2 is 1.70 bits per heavy atom. The van der Waals surface area contributed by atoms with Crippen LogP contribution in [0.25, 0.3) is 11.3 Å². The molecule has 3 aromatic rings. The lowest BCUT2D eigenvalue weighted by molar-refractivity contribution is -0.119. The van der Waals surface area contributed by atoms with E-state index in [-0.39, 0.29) is 58.6 Å². The average Bonchev–Trinajstić information content (AvgIpc) is 3.29. The number of hydrogen-bond acceptors (Lipinski definition) is 8. The number of hydrogen-bond donors (Lipinski definition) is 6. The number of phenolic OH excluding ortho intramolecular Hbond substituents is 5. The van der Waals surface area contributed by atoms with Gasteiger partial charge in [0.15, 0.2) is 29.1 Å². The van der Waals surface area contributed by atoms with Gasteiger partial charge in [-0.1, -0.05) is 6.92 Å². The zero-order chi connectivity index (χ0) is 23.6. The van der Waals surface area contributed by atoms with Crippen LogP contribution in [-0.2, 0) is 17.8 Å². The van der Waals surface area contributed by atoms with Crippen molar-refractivity contribution in [2.75, 3.05) is 0 Å².